The van der Waals surface area contributed by atoms with Gasteiger partial charge in [-0.2, -0.15) is 0 Å². The number of para-hydroxylation sites is 2. The molecule has 0 saturated carbocycles. The average molecular weight is 494 g/mol. The number of rotatable bonds is 10. The van der Waals surface area contributed by atoms with E-state index in [2.05, 4.69) is 16.0 Å². The molecule has 3 aromatic carbocycles. The highest BCUT2D eigenvalue weighted by Crippen LogP contribution is 2.38. The van der Waals surface area contributed by atoms with Gasteiger partial charge in [-0.25, -0.2) is 4.98 Å². The van der Waals surface area contributed by atoms with Gasteiger partial charge in [-0.05, 0) is 42.3 Å². The first-order valence-electron chi connectivity index (χ1n) is 11.3. The summed E-state index contributed by atoms with van der Waals surface area (Å²) < 4.78 is 18.2. The Labute approximate surface area is 209 Å². The molecule has 0 radical (unpaired) electrons. The van der Waals surface area contributed by atoms with Crippen LogP contribution in [0, 0.1) is 0 Å². The highest BCUT2D eigenvalue weighted by molar-refractivity contribution is 6.31. The Hall–Kier alpha value is -3.71. The molecule has 1 amide bonds. The lowest BCUT2D eigenvalue weighted by Gasteiger charge is -2.14. The van der Waals surface area contributed by atoms with Crippen molar-refractivity contribution in [1.82, 2.24) is 14.9 Å². The molecule has 182 valence electrons. The van der Waals surface area contributed by atoms with Crippen molar-refractivity contribution in [2.24, 2.45) is 0 Å². The Morgan fingerprint density at radius 2 is 1.66 bits per heavy atom. The Kier molecular flexibility index (Phi) is 7.77. The van der Waals surface area contributed by atoms with Crippen molar-refractivity contribution in [1.29, 1.82) is 0 Å². The molecule has 0 saturated heterocycles. The Balaban J connectivity index is 1.45. The van der Waals surface area contributed by atoms with E-state index >= 15 is 0 Å². The van der Waals surface area contributed by atoms with E-state index in [9.17, 15) is 4.79 Å². The molecule has 4 aromatic rings. The van der Waals surface area contributed by atoms with Crippen LogP contribution >= 0.6 is 11.6 Å². The first kappa shape index (κ1) is 24.4. The van der Waals surface area contributed by atoms with E-state index in [1.165, 1.54) is 21.3 Å². The summed E-state index contributed by atoms with van der Waals surface area (Å²) in [6.45, 7) is 1.12. The van der Waals surface area contributed by atoms with E-state index in [-0.39, 0.29) is 5.91 Å². The van der Waals surface area contributed by atoms with Gasteiger partial charge in [0.1, 0.15) is 5.82 Å². The second kappa shape index (κ2) is 11.1. The van der Waals surface area contributed by atoms with Crippen molar-refractivity contribution in [3.05, 3.63) is 82.6 Å². The van der Waals surface area contributed by atoms with Crippen molar-refractivity contribution in [3.63, 3.8) is 0 Å². The summed E-state index contributed by atoms with van der Waals surface area (Å²) in [5, 5.41) is 3.70. The molecule has 7 nitrogen and oxygen atoms in total. The third-order valence-corrected chi connectivity index (χ3v) is 6.18. The maximum atomic E-state index is 12.8. The zero-order valence-corrected chi connectivity index (χ0v) is 20.8. The Morgan fingerprint density at radius 3 is 2.34 bits per heavy atom. The SMILES string of the molecule is COc1cc(C(=O)NCCCc2nc3ccccc3n2Cc2ccccc2Cl)cc(OC)c1OC. The number of aryl methyl sites for hydroxylation is 1. The number of halogens is 1. The molecule has 0 aliphatic heterocycles. The smallest absolute Gasteiger partial charge is 0.251 e. The molecule has 0 spiro atoms. The Morgan fingerprint density at radius 1 is 0.971 bits per heavy atom. The summed E-state index contributed by atoms with van der Waals surface area (Å²) in [5.41, 5.74) is 3.47. The van der Waals surface area contributed by atoms with E-state index in [1.54, 1.807) is 12.1 Å². The highest BCUT2D eigenvalue weighted by Gasteiger charge is 2.17. The van der Waals surface area contributed by atoms with E-state index in [0.29, 0.717) is 42.3 Å². The van der Waals surface area contributed by atoms with Crippen molar-refractivity contribution in [2.75, 3.05) is 27.9 Å². The lowest BCUT2D eigenvalue weighted by Crippen LogP contribution is -2.25. The molecule has 1 heterocycles. The summed E-state index contributed by atoms with van der Waals surface area (Å²) in [6.07, 6.45) is 1.43. The maximum absolute atomic E-state index is 12.8. The van der Waals surface area contributed by atoms with E-state index < -0.39 is 0 Å². The van der Waals surface area contributed by atoms with Crippen molar-refractivity contribution < 1.29 is 19.0 Å². The van der Waals surface area contributed by atoms with E-state index in [0.717, 1.165) is 33.9 Å². The maximum Gasteiger partial charge on any atom is 0.251 e. The summed E-state index contributed by atoms with van der Waals surface area (Å²) in [5.74, 6) is 2.06. The largest absolute Gasteiger partial charge is 0.493 e. The second-order valence-corrected chi connectivity index (χ2v) is 8.37. The number of hydrogen-bond donors (Lipinski definition) is 1. The van der Waals surface area contributed by atoms with Crippen LogP contribution < -0.4 is 19.5 Å². The number of aromatic nitrogens is 2. The number of amides is 1. The molecule has 0 aliphatic rings. The molecule has 0 atom stereocenters. The minimum Gasteiger partial charge on any atom is -0.493 e. The van der Waals surface area contributed by atoms with Gasteiger partial charge in [0.05, 0.1) is 38.9 Å². The number of ether oxygens (including phenoxy) is 3. The van der Waals surface area contributed by atoms with Crippen LogP contribution in [0.4, 0.5) is 0 Å². The normalized spacial score (nSPS) is 10.9. The summed E-state index contributed by atoms with van der Waals surface area (Å²) in [6, 6.07) is 19.2. The number of benzene rings is 3. The zero-order chi connectivity index (χ0) is 24.8. The fraction of sp³-hybridized carbons (Fsp3) is 0.259. The number of methoxy groups -OCH3 is 3. The molecule has 0 bridgehead atoms. The molecule has 0 unspecified atom stereocenters. The molecule has 4 rings (SSSR count). The summed E-state index contributed by atoms with van der Waals surface area (Å²) in [7, 11) is 4.57. The lowest BCUT2D eigenvalue weighted by molar-refractivity contribution is 0.0952. The summed E-state index contributed by atoms with van der Waals surface area (Å²) >= 11 is 6.42. The van der Waals surface area contributed by atoms with Crippen LogP contribution in [0.3, 0.4) is 0 Å². The van der Waals surface area contributed by atoms with Gasteiger partial charge in [0.15, 0.2) is 11.5 Å². The topological polar surface area (TPSA) is 74.6 Å². The number of hydrogen-bond acceptors (Lipinski definition) is 5. The van der Waals surface area contributed by atoms with Gasteiger partial charge < -0.3 is 24.1 Å². The number of nitrogens with zero attached hydrogens (tertiary/aromatic N) is 2. The third kappa shape index (κ3) is 5.35. The molecule has 8 heteroatoms. The first-order valence-corrected chi connectivity index (χ1v) is 11.7. The number of nitrogens with one attached hydrogen (secondary N) is 1. The second-order valence-electron chi connectivity index (χ2n) is 7.97. The van der Waals surface area contributed by atoms with Crippen LogP contribution in [0.2, 0.25) is 5.02 Å². The van der Waals surface area contributed by atoms with Gasteiger partial charge in [0.2, 0.25) is 5.75 Å². The lowest BCUT2D eigenvalue weighted by atomic mass is 10.1. The van der Waals surface area contributed by atoms with Crippen LogP contribution in [0.5, 0.6) is 17.2 Å². The molecular weight excluding hydrogens is 466 g/mol. The minimum absolute atomic E-state index is 0.214. The van der Waals surface area contributed by atoms with Gasteiger partial charge in [-0.3, -0.25) is 4.79 Å². The van der Waals surface area contributed by atoms with E-state index in [1.807, 2.05) is 42.5 Å². The van der Waals surface area contributed by atoms with E-state index in [4.69, 9.17) is 30.8 Å². The Bertz CT molecular complexity index is 1310. The van der Waals surface area contributed by atoms with Gasteiger partial charge in [0, 0.05) is 23.6 Å². The number of fused-ring (bicyclic) bond motifs is 1. The van der Waals surface area contributed by atoms with Crippen LogP contribution in [-0.2, 0) is 13.0 Å². The van der Waals surface area contributed by atoms with Gasteiger partial charge >= 0.3 is 0 Å². The fourth-order valence-electron chi connectivity index (χ4n) is 4.05. The third-order valence-electron chi connectivity index (χ3n) is 5.81. The number of carbonyl (C=O) groups excluding carboxylic acids is 1. The molecule has 1 aromatic heterocycles. The van der Waals surface area contributed by atoms with Crippen molar-refractivity contribution in [2.45, 2.75) is 19.4 Å². The van der Waals surface area contributed by atoms with Crippen LogP contribution in [0.1, 0.15) is 28.2 Å². The molecule has 1 N–H and O–H groups in total. The van der Waals surface area contributed by atoms with Gasteiger partial charge in [-0.1, -0.05) is 41.9 Å². The number of imidazole rings is 1. The van der Waals surface area contributed by atoms with Crippen LogP contribution in [-0.4, -0.2) is 43.3 Å². The average Bonchev–Trinajstić information content (AvgIpc) is 3.23. The highest BCUT2D eigenvalue weighted by atomic mass is 35.5. The van der Waals surface area contributed by atoms with Crippen molar-refractivity contribution in [3.8, 4) is 17.2 Å². The molecule has 35 heavy (non-hydrogen) atoms. The fourth-order valence-corrected chi connectivity index (χ4v) is 4.25. The van der Waals surface area contributed by atoms with Crippen LogP contribution in [0.15, 0.2) is 60.7 Å². The first-order chi connectivity index (χ1) is 17.0. The van der Waals surface area contributed by atoms with Crippen molar-refractivity contribution >= 4 is 28.5 Å². The quantitative estimate of drug-likeness (QED) is 0.310. The monoisotopic (exact) mass is 493 g/mol. The van der Waals surface area contributed by atoms with Gasteiger partial charge in [0.25, 0.3) is 5.91 Å². The zero-order valence-electron chi connectivity index (χ0n) is 20.0. The predicted molar refractivity (Wildman–Crippen MR) is 137 cm³/mol. The van der Waals surface area contributed by atoms with Gasteiger partial charge in [-0.15, -0.1) is 0 Å². The standard InChI is InChI=1S/C27H28ClN3O4/c1-33-23-15-19(16-24(34-2)26(23)35-3)27(32)29-14-8-13-25-30-21-11-6-7-12-22(21)31(25)17-18-9-4-5-10-20(18)28/h4-7,9-12,15-16H,8,13-14,17H2,1-3H3,(H,29,32). The van der Waals surface area contributed by atoms with Crippen LogP contribution in [0.25, 0.3) is 11.0 Å². The molecule has 0 fully saturated rings. The summed E-state index contributed by atoms with van der Waals surface area (Å²) in [4.78, 5) is 17.6. The number of carbonyl (C=O) groups is 1. The predicted octanol–water partition coefficient (Wildman–Crippen LogP) is 5.13. The minimum atomic E-state index is -0.214. The molecule has 0 aliphatic carbocycles. The molecular formula is C27H28ClN3O4.